The number of rotatable bonds is 8. The van der Waals surface area contributed by atoms with Crippen molar-refractivity contribution in [3.05, 3.63) is 5.89 Å². The summed E-state index contributed by atoms with van der Waals surface area (Å²) in [4.78, 5) is 2.01. The van der Waals surface area contributed by atoms with Crippen molar-refractivity contribution in [3.8, 4) is 0 Å². The van der Waals surface area contributed by atoms with Gasteiger partial charge < -0.3 is 19.4 Å². The van der Waals surface area contributed by atoms with Gasteiger partial charge in [0, 0.05) is 26.2 Å². The molecule has 0 spiro atoms. The van der Waals surface area contributed by atoms with Crippen LogP contribution in [0.25, 0.3) is 0 Å². The summed E-state index contributed by atoms with van der Waals surface area (Å²) in [6.07, 6.45) is 2.52. The predicted molar refractivity (Wildman–Crippen MR) is 63.9 cm³/mol. The van der Waals surface area contributed by atoms with E-state index in [2.05, 4.69) is 22.4 Å². The lowest BCUT2D eigenvalue weighted by atomic mass is 10.5. The Morgan fingerprint density at radius 3 is 2.94 bits per heavy atom. The van der Waals surface area contributed by atoms with Gasteiger partial charge >= 0.3 is 6.01 Å². The summed E-state index contributed by atoms with van der Waals surface area (Å²) < 4.78 is 10.6. The zero-order valence-electron chi connectivity index (χ0n) is 10.5. The molecular weight excluding hydrogens is 220 g/mol. The number of aromatic nitrogens is 2. The zero-order chi connectivity index (χ0) is 12.1. The van der Waals surface area contributed by atoms with Gasteiger partial charge in [0.2, 0.25) is 5.89 Å². The van der Waals surface area contributed by atoms with Crippen molar-refractivity contribution in [2.24, 2.45) is 0 Å². The first-order chi connectivity index (χ1) is 8.33. The number of likely N-dealkylation sites (N-methyl/N-ethyl adjacent to an activating group) is 1. The van der Waals surface area contributed by atoms with Crippen molar-refractivity contribution in [2.75, 3.05) is 31.7 Å². The Hall–Kier alpha value is -1.14. The van der Waals surface area contributed by atoms with Gasteiger partial charge in [-0.3, -0.25) is 0 Å². The monoisotopic (exact) mass is 240 g/mol. The highest BCUT2D eigenvalue weighted by Crippen LogP contribution is 2.19. The molecule has 1 heterocycles. The molecule has 17 heavy (non-hydrogen) atoms. The summed E-state index contributed by atoms with van der Waals surface area (Å²) in [7, 11) is 1.69. The molecule has 0 saturated heterocycles. The zero-order valence-corrected chi connectivity index (χ0v) is 10.5. The normalized spacial score (nSPS) is 15.2. The molecule has 6 nitrogen and oxygen atoms in total. The van der Waals surface area contributed by atoms with Crippen molar-refractivity contribution in [2.45, 2.75) is 32.4 Å². The Labute approximate surface area is 101 Å². The van der Waals surface area contributed by atoms with E-state index in [1.807, 2.05) is 4.90 Å². The molecule has 1 aromatic rings. The Balaban J connectivity index is 1.85. The van der Waals surface area contributed by atoms with Gasteiger partial charge in [0.1, 0.15) is 0 Å². The van der Waals surface area contributed by atoms with E-state index in [0.29, 0.717) is 31.1 Å². The van der Waals surface area contributed by atoms with E-state index >= 15 is 0 Å². The van der Waals surface area contributed by atoms with Crippen molar-refractivity contribution in [1.82, 2.24) is 15.5 Å². The smallest absolute Gasteiger partial charge is 0.318 e. The highest BCUT2D eigenvalue weighted by Gasteiger charge is 2.21. The second kappa shape index (κ2) is 5.97. The molecule has 1 N–H and O–H groups in total. The minimum atomic E-state index is 0.581. The number of methoxy groups -OCH3 is 1. The number of hydrogen-bond acceptors (Lipinski definition) is 6. The summed E-state index contributed by atoms with van der Waals surface area (Å²) in [6.45, 7) is 4.99. The fourth-order valence-electron chi connectivity index (χ4n) is 1.55. The van der Waals surface area contributed by atoms with Crippen LogP contribution in [-0.2, 0) is 11.3 Å². The molecule has 0 aromatic carbocycles. The molecule has 0 aliphatic heterocycles. The molecule has 0 atom stereocenters. The minimum Gasteiger partial charge on any atom is -0.407 e. The summed E-state index contributed by atoms with van der Waals surface area (Å²) >= 11 is 0. The summed E-state index contributed by atoms with van der Waals surface area (Å²) in [5.74, 6) is 0.655. The van der Waals surface area contributed by atoms with Crippen LogP contribution >= 0.6 is 0 Å². The lowest BCUT2D eigenvalue weighted by Gasteiger charge is -2.16. The van der Waals surface area contributed by atoms with Gasteiger partial charge in [0.05, 0.1) is 13.2 Å². The maximum atomic E-state index is 5.60. The van der Waals surface area contributed by atoms with Crippen LogP contribution in [-0.4, -0.2) is 43.0 Å². The average molecular weight is 240 g/mol. The predicted octanol–water partition coefficient (Wildman–Crippen LogP) is 0.794. The third-order valence-corrected chi connectivity index (χ3v) is 2.79. The molecule has 1 saturated carbocycles. The van der Waals surface area contributed by atoms with Gasteiger partial charge in [0.15, 0.2) is 0 Å². The van der Waals surface area contributed by atoms with E-state index in [-0.39, 0.29) is 0 Å². The van der Waals surface area contributed by atoms with E-state index in [0.717, 1.165) is 13.1 Å². The third kappa shape index (κ3) is 3.67. The van der Waals surface area contributed by atoms with Crippen molar-refractivity contribution >= 4 is 6.01 Å². The molecule has 2 rings (SSSR count). The van der Waals surface area contributed by atoms with Gasteiger partial charge in [-0.25, -0.2) is 0 Å². The standard InChI is InChI=1S/C11H20N4O2/c1-3-15(6-7-16-2)11-14-13-10(17-11)8-12-9-4-5-9/h9,12H,3-8H2,1-2H3. The van der Waals surface area contributed by atoms with Gasteiger partial charge in [-0.1, -0.05) is 5.10 Å². The van der Waals surface area contributed by atoms with Crippen LogP contribution in [0, 0.1) is 0 Å². The van der Waals surface area contributed by atoms with Gasteiger partial charge in [-0.15, -0.1) is 5.10 Å². The van der Waals surface area contributed by atoms with Crippen LogP contribution in [0.3, 0.4) is 0 Å². The number of ether oxygens (including phenoxy) is 1. The Morgan fingerprint density at radius 1 is 1.47 bits per heavy atom. The topological polar surface area (TPSA) is 63.4 Å². The fraction of sp³-hybridized carbons (Fsp3) is 0.818. The van der Waals surface area contributed by atoms with Crippen molar-refractivity contribution in [1.29, 1.82) is 0 Å². The quantitative estimate of drug-likeness (QED) is 0.725. The van der Waals surface area contributed by atoms with E-state index in [9.17, 15) is 0 Å². The highest BCUT2D eigenvalue weighted by molar-refractivity contribution is 5.23. The first-order valence-corrected chi connectivity index (χ1v) is 6.13. The average Bonchev–Trinajstić information content (AvgIpc) is 3.07. The van der Waals surface area contributed by atoms with Crippen LogP contribution in [0.1, 0.15) is 25.7 Å². The Kier molecular flexibility index (Phi) is 4.33. The maximum Gasteiger partial charge on any atom is 0.318 e. The van der Waals surface area contributed by atoms with Crippen LogP contribution in [0.15, 0.2) is 4.42 Å². The SMILES string of the molecule is CCN(CCOC)c1nnc(CNC2CC2)o1. The second-order valence-electron chi connectivity index (χ2n) is 4.21. The Bertz CT molecular complexity index is 338. The van der Waals surface area contributed by atoms with Gasteiger partial charge in [-0.05, 0) is 19.8 Å². The molecule has 0 radical (unpaired) electrons. The summed E-state index contributed by atoms with van der Waals surface area (Å²) in [5.41, 5.74) is 0. The van der Waals surface area contributed by atoms with Crippen LogP contribution in [0.2, 0.25) is 0 Å². The van der Waals surface area contributed by atoms with Crippen LogP contribution < -0.4 is 10.2 Å². The van der Waals surface area contributed by atoms with E-state index in [1.165, 1.54) is 12.8 Å². The van der Waals surface area contributed by atoms with Crippen LogP contribution in [0.5, 0.6) is 0 Å². The molecule has 0 unspecified atom stereocenters. The number of hydrogen-bond donors (Lipinski definition) is 1. The lowest BCUT2D eigenvalue weighted by molar-refractivity contribution is 0.204. The third-order valence-electron chi connectivity index (χ3n) is 2.79. The minimum absolute atomic E-state index is 0.581. The van der Waals surface area contributed by atoms with Gasteiger partial charge in [-0.2, -0.15) is 0 Å². The molecule has 1 fully saturated rings. The maximum absolute atomic E-state index is 5.60. The largest absolute Gasteiger partial charge is 0.407 e. The van der Waals surface area contributed by atoms with E-state index in [1.54, 1.807) is 7.11 Å². The molecule has 1 aliphatic carbocycles. The Morgan fingerprint density at radius 2 is 2.29 bits per heavy atom. The molecule has 1 aromatic heterocycles. The molecule has 0 amide bonds. The fourth-order valence-corrected chi connectivity index (χ4v) is 1.55. The van der Waals surface area contributed by atoms with Gasteiger partial charge in [0.25, 0.3) is 0 Å². The molecular formula is C11H20N4O2. The first kappa shape index (κ1) is 12.3. The lowest BCUT2D eigenvalue weighted by Crippen LogP contribution is -2.27. The van der Waals surface area contributed by atoms with E-state index < -0.39 is 0 Å². The van der Waals surface area contributed by atoms with Crippen molar-refractivity contribution in [3.63, 3.8) is 0 Å². The second-order valence-corrected chi connectivity index (χ2v) is 4.21. The molecule has 0 bridgehead atoms. The number of nitrogens with one attached hydrogen (secondary N) is 1. The molecule has 1 aliphatic rings. The van der Waals surface area contributed by atoms with Crippen molar-refractivity contribution < 1.29 is 9.15 Å². The summed E-state index contributed by atoms with van der Waals surface area (Å²) in [6, 6.07) is 1.23. The molecule has 96 valence electrons. The van der Waals surface area contributed by atoms with E-state index in [4.69, 9.17) is 9.15 Å². The van der Waals surface area contributed by atoms with Crippen LogP contribution in [0.4, 0.5) is 6.01 Å². The first-order valence-electron chi connectivity index (χ1n) is 6.13. The summed E-state index contributed by atoms with van der Waals surface area (Å²) in [5, 5.41) is 11.4. The number of nitrogens with zero attached hydrogens (tertiary/aromatic N) is 3. The number of anilines is 1. The highest BCUT2D eigenvalue weighted by atomic mass is 16.5. The molecule has 6 heteroatoms.